The molecule has 0 fully saturated rings. The van der Waals surface area contributed by atoms with Gasteiger partial charge in [-0.1, -0.05) is 44.2 Å². The van der Waals surface area contributed by atoms with E-state index < -0.39 is 5.95 Å². The molecule has 0 amide bonds. The van der Waals surface area contributed by atoms with Crippen molar-refractivity contribution in [2.75, 3.05) is 0 Å². The Labute approximate surface area is 115 Å². The van der Waals surface area contributed by atoms with Crippen molar-refractivity contribution in [2.24, 2.45) is 0 Å². The Morgan fingerprint density at radius 1 is 1.24 bits per heavy atom. The van der Waals surface area contributed by atoms with Crippen molar-refractivity contribution in [1.29, 1.82) is 0 Å². The van der Waals surface area contributed by atoms with Crippen LogP contribution in [0.25, 0.3) is 0 Å². The standard InChI is InChI=1S/C13H18O3.Li/c1-10(2)16-13(14)11(3)15-9-12-7-5-4-6-8-12;/h4-8,10,14H,9H2,1-3H3;/q;+1/p-1/b13-11-;. The number of hydrogen-bond acceptors (Lipinski definition) is 3. The molecule has 0 aliphatic heterocycles. The van der Waals surface area contributed by atoms with E-state index >= 15 is 0 Å². The zero-order valence-corrected chi connectivity index (χ0v) is 10.9. The van der Waals surface area contributed by atoms with Gasteiger partial charge in [0, 0.05) is 0 Å². The summed E-state index contributed by atoms with van der Waals surface area (Å²) in [4.78, 5) is 0. The SMILES string of the molecule is C/C(OCc1ccccc1)=C(\[O-])OC(C)C.[Li+]. The van der Waals surface area contributed by atoms with E-state index in [0.717, 1.165) is 5.56 Å². The van der Waals surface area contributed by atoms with Crippen LogP contribution in [0.4, 0.5) is 0 Å². The van der Waals surface area contributed by atoms with E-state index in [0.29, 0.717) is 6.61 Å². The summed E-state index contributed by atoms with van der Waals surface area (Å²) < 4.78 is 10.3. The summed E-state index contributed by atoms with van der Waals surface area (Å²) in [5.74, 6) is -0.108. The molecule has 17 heavy (non-hydrogen) atoms. The molecule has 0 saturated carbocycles. The first-order valence-corrected chi connectivity index (χ1v) is 5.31. The molecule has 0 heterocycles. The molecule has 3 nitrogen and oxygen atoms in total. The second kappa shape index (κ2) is 8.11. The minimum absolute atomic E-state index is 0. The van der Waals surface area contributed by atoms with Gasteiger partial charge in [-0.25, -0.2) is 0 Å². The van der Waals surface area contributed by atoms with Gasteiger partial charge in [0.15, 0.2) is 0 Å². The van der Waals surface area contributed by atoms with E-state index in [-0.39, 0.29) is 30.7 Å². The van der Waals surface area contributed by atoms with Crippen LogP contribution in [-0.4, -0.2) is 6.10 Å². The van der Waals surface area contributed by atoms with Crippen molar-refractivity contribution in [3.8, 4) is 0 Å². The molecule has 1 rings (SSSR count). The molecular formula is C13H17LiO3. The van der Waals surface area contributed by atoms with Crippen LogP contribution in [-0.2, 0) is 16.1 Å². The molecule has 0 atom stereocenters. The molecule has 0 radical (unpaired) electrons. The first-order chi connectivity index (χ1) is 7.59. The first-order valence-electron chi connectivity index (χ1n) is 5.31. The zero-order chi connectivity index (χ0) is 12.0. The van der Waals surface area contributed by atoms with Crippen molar-refractivity contribution < 1.29 is 33.4 Å². The van der Waals surface area contributed by atoms with Gasteiger partial charge in [0.05, 0.1) is 5.95 Å². The Morgan fingerprint density at radius 2 is 1.82 bits per heavy atom. The second-order valence-electron chi connectivity index (χ2n) is 3.78. The van der Waals surface area contributed by atoms with E-state index in [4.69, 9.17) is 9.47 Å². The van der Waals surface area contributed by atoms with Crippen LogP contribution in [0.3, 0.4) is 0 Å². The van der Waals surface area contributed by atoms with Crippen molar-refractivity contribution in [1.82, 2.24) is 0 Å². The fourth-order valence-corrected chi connectivity index (χ4v) is 1.12. The quantitative estimate of drug-likeness (QED) is 0.488. The van der Waals surface area contributed by atoms with Crippen molar-refractivity contribution in [2.45, 2.75) is 33.5 Å². The van der Waals surface area contributed by atoms with E-state index in [2.05, 4.69) is 0 Å². The van der Waals surface area contributed by atoms with Crippen LogP contribution in [0.15, 0.2) is 42.0 Å². The van der Waals surface area contributed by atoms with Gasteiger partial charge >= 0.3 is 18.9 Å². The van der Waals surface area contributed by atoms with Gasteiger partial charge in [-0.05, 0) is 18.6 Å². The molecule has 0 spiro atoms. The molecule has 0 saturated heterocycles. The van der Waals surface area contributed by atoms with Crippen molar-refractivity contribution in [3.05, 3.63) is 47.6 Å². The maximum Gasteiger partial charge on any atom is 1.00 e. The maximum absolute atomic E-state index is 11.4. The van der Waals surface area contributed by atoms with E-state index in [1.807, 2.05) is 44.2 Å². The average molecular weight is 228 g/mol. The minimum Gasteiger partial charge on any atom is -0.608 e. The van der Waals surface area contributed by atoms with Gasteiger partial charge in [-0.3, -0.25) is 0 Å². The Balaban J connectivity index is 0.00000256. The zero-order valence-electron chi connectivity index (χ0n) is 10.9. The largest absolute Gasteiger partial charge is 1.00 e. The molecule has 88 valence electrons. The minimum atomic E-state index is -0.397. The molecular weight excluding hydrogens is 211 g/mol. The molecule has 0 aliphatic rings. The Hall–Kier alpha value is -1.04. The molecule has 0 aromatic heterocycles. The second-order valence-corrected chi connectivity index (χ2v) is 3.78. The third-order valence-electron chi connectivity index (χ3n) is 1.93. The molecule has 0 unspecified atom stereocenters. The Bertz CT molecular complexity index is 347. The van der Waals surface area contributed by atoms with Crippen LogP contribution >= 0.6 is 0 Å². The fraction of sp³-hybridized carbons (Fsp3) is 0.385. The van der Waals surface area contributed by atoms with Crippen LogP contribution in [0.2, 0.25) is 0 Å². The number of rotatable bonds is 5. The summed E-state index contributed by atoms with van der Waals surface area (Å²) in [6.45, 7) is 5.62. The molecule has 0 aliphatic carbocycles. The summed E-state index contributed by atoms with van der Waals surface area (Å²) in [5.41, 5.74) is 1.03. The van der Waals surface area contributed by atoms with Gasteiger partial charge < -0.3 is 14.6 Å². The third kappa shape index (κ3) is 6.30. The van der Waals surface area contributed by atoms with Crippen LogP contribution in [0.1, 0.15) is 26.3 Å². The molecule has 1 aromatic carbocycles. The van der Waals surface area contributed by atoms with Gasteiger partial charge in [-0.2, -0.15) is 0 Å². The molecule has 0 bridgehead atoms. The van der Waals surface area contributed by atoms with Crippen molar-refractivity contribution in [3.63, 3.8) is 0 Å². The number of ether oxygens (including phenoxy) is 2. The van der Waals surface area contributed by atoms with Crippen LogP contribution < -0.4 is 24.0 Å². The number of benzene rings is 1. The molecule has 1 aromatic rings. The van der Waals surface area contributed by atoms with Gasteiger partial charge in [0.25, 0.3) is 0 Å². The summed E-state index contributed by atoms with van der Waals surface area (Å²) in [5, 5.41) is 11.4. The summed E-state index contributed by atoms with van der Waals surface area (Å²) >= 11 is 0. The Kier molecular flexibility index (Phi) is 7.61. The van der Waals surface area contributed by atoms with Crippen LogP contribution in [0, 0.1) is 0 Å². The third-order valence-corrected chi connectivity index (χ3v) is 1.93. The normalized spacial score (nSPS) is 11.5. The maximum atomic E-state index is 11.4. The van der Waals surface area contributed by atoms with E-state index in [1.54, 1.807) is 6.92 Å². The first kappa shape index (κ1) is 16.0. The topological polar surface area (TPSA) is 41.5 Å². The number of allylic oxidation sites excluding steroid dienone is 1. The van der Waals surface area contributed by atoms with Crippen LogP contribution in [0.5, 0.6) is 0 Å². The average Bonchev–Trinajstić information content (AvgIpc) is 2.26. The molecule has 4 heteroatoms. The van der Waals surface area contributed by atoms with E-state index in [1.165, 1.54) is 0 Å². The monoisotopic (exact) mass is 228 g/mol. The van der Waals surface area contributed by atoms with Gasteiger partial charge in [0.1, 0.15) is 12.4 Å². The number of hydrogen-bond donors (Lipinski definition) is 0. The predicted molar refractivity (Wildman–Crippen MR) is 60.2 cm³/mol. The van der Waals surface area contributed by atoms with Crippen molar-refractivity contribution >= 4 is 0 Å². The van der Waals surface area contributed by atoms with Gasteiger partial charge in [0.2, 0.25) is 0 Å². The van der Waals surface area contributed by atoms with E-state index in [9.17, 15) is 5.11 Å². The smallest absolute Gasteiger partial charge is 0.608 e. The summed E-state index contributed by atoms with van der Waals surface area (Å²) in [7, 11) is 0. The summed E-state index contributed by atoms with van der Waals surface area (Å²) in [6.07, 6.45) is -0.122. The van der Waals surface area contributed by atoms with Gasteiger partial charge in [-0.15, -0.1) is 0 Å². The Morgan fingerprint density at radius 3 is 2.35 bits per heavy atom. The predicted octanol–water partition coefficient (Wildman–Crippen LogP) is -0.818. The summed E-state index contributed by atoms with van der Waals surface area (Å²) in [6, 6.07) is 9.69. The molecule has 0 N–H and O–H groups in total. The fourth-order valence-electron chi connectivity index (χ4n) is 1.12.